The molecule has 2 aromatic carbocycles. The number of hydrogen-bond acceptors (Lipinski definition) is 3. The normalized spacial score (nSPS) is 25.7. The molecule has 1 fully saturated rings. The summed E-state index contributed by atoms with van der Waals surface area (Å²) in [6.07, 6.45) is -1.09. The van der Waals surface area contributed by atoms with Crippen LogP contribution in [0.2, 0.25) is 5.04 Å². The predicted molar refractivity (Wildman–Crippen MR) is 125 cm³/mol. The third-order valence-electron chi connectivity index (χ3n) is 6.43. The van der Waals surface area contributed by atoms with Crippen LogP contribution in [0.1, 0.15) is 48.0 Å². The summed E-state index contributed by atoms with van der Waals surface area (Å²) in [6.45, 7) is 12.3. The quantitative estimate of drug-likeness (QED) is 0.606. The molecule has 31 heavy (non-hydrogen) atoms. The molecule has 0 N–H and O–H groups in total. The van der Waals surface area contributed by atoms with E-state index in [9.17, 15) is 0 Å². The van der Waals surface area contributed by atoms with Crippen LogP contribution in [0.15, 0.2) is 72.1 Å². The van der Waals surface area contributed by atoms with E-state index in [4.69, 9.17) is 13.9 Å². The summed E-state index contributed by atoms with van der Waals surface area (Å²) >= 11 is 0. The molecule has 1 heterocycles. The van der Waals surface area contributed by atoms with Crippen LogP contribution < -0.4 is 10.4 Å². The molecule has 0 saturated carbocycles. The first-order chi connectivity index (χ1) is 14.6. The van der Waals surface area contributed by atoms with Gasteiger partial charge in [-0.25, -0.2) is 4.39 Å². The van der Waals surface area contributed by atoms with Gasteiger partial charge in [0.05, 0.1) is 0 Å². The average molecular weight is 441 g/mol. The third kappa shape index (κ3) is 3.72. The Kier molecular flexibility index (Phi) is 5.75. The number of rotatable bonds is 5. The Balaban J connectivity index is 1.89. The lowest BCUT2D eigenvalue weighted by Crippen LogP contribution is -2.68. The minimum absolute atomic E-state index is 0.221. The van der Waals surface area contributed by atoms with Crippen LogP contribution in [0.3, 0.4) is 0 Å². The van der Waals surface area contributed by atoms with E-state index in [2.05, 4.69) is 45.0 Å². The first-order valence-electron chi connectivity index (χ1n) is 11.1. The van der Waals surface area contributed by atoms with Crippen molar-refractivity contribution < 1.29 is 18.3 Å². The summed E-state index contributed by atoms with van der Waals surface area (Å²) in [5.74, 6) is -0.982. The van der Waals surface area contributed by atoms with Crippen LogP contribution in [-0.2, 0) is 13.9 Å². The lowest BCUT2D eigenvalue weighted by molar-refractivity contribution is -0.154. The van der Waals surface area contributed by atoms with E-state index in [1.54, 1.807) is 0 Å². The topological polar surface area (TPSA) is 27.7 Å². The van der Waals surface area contributed by atoms with Crippen LogP contribution in [0.4, 0.5) is 4.39 Å². The van der Waals surface area contributed by atoms with E-state index < -0.39 is 32.4 Å². The van der Waals surface area contributed by atoms with Gasteiger partial charge in [0.2, 0.25) is 0 Å². The Morgan fingerprint density at radius 3 is 1.90 bits per heavy atom. The molecule has 0 radical (unpaired) electrons. The van der Waals surface area contributed by atoms with Crippen LogP contribution in [0.5, 0.6) is 0 Å². The summed E-state index contributed by atoms with van der Waals surface area (Å²) < 4.78 is 35.2. The van der Waals surface area contributed by atoms with Gasteiger partial charge in [-0.3, -0.25) is 0 Å². The molecule has 1 saturated heterocycles. The van der Waals surface area contributed by atoms with Gasteiger partial charge in [-0.15, -0.1) is 0 Å². The Hall–Kier alpha value is -1.79. The molecule has 2 aliphatic rings. The summed E-state index contributed by atoms with van der Waals surface area (Å²) in [5, 5.41) is 2.01. The highest BCUT2D eigenvalue weighted by molar-refractivity contribution is 6.99. The number of ether oxygens (including phenoxy) is 2. The second-order valence-corrected chi connectivity index (χ2v) is 14.2. The lowest BCUT2D eigenvalue weighted by atomic mass is 10.1. The second-order valence-electron chi connectivity index (χ2n) is 9.95. The highest BCUT2D eigenvalue weighted by atomic mass is 28.4. The van der Waals surface area contributed by atoms with Gasteiger partial charge >= 0.3 is 0 Å². The Morgan fingerprint density at radius 2 is 1.45 bits per heavy atom. The molecule has 0 unspecified atom stereocenters. The van der Waals surface area contributed by atoms with Crippen LogP contribution in [0, 0.1) is 0 Å². The maximum atomic E-state index is 15.8. The second kappa shape index (κ2) is 7.96. The third-order valence-corrected chi connectivity index (χ3v) is 11.4. The largest absolute Gasteiger partial charge is 0.395 e. The Morgan fingerprint density at radius 1 is 0.935 bits per heavy atom. The number of fused-ring (bicyclic) bond motifs is 1. The molecule has 1 aliphatic carbocycles. The SMILES string of the molecule is CCC1=C(F)[C@H](O[Si](c2ccccc2)(c2ccccc2)C(C)(C)C)[C@@H]2OC(C)(C)O[C@H]12. The highest BCUT2D eigenvalue weighted by Gasteiger charge is 2.59. The molecule has 3 nitrogen and oxygen atoms in total. The monoisotopic (exact) mass is 440 g/mol. The molecule has 0 spiro atoms. The van der Waals surface area contributed by atoms with Gasteiger partial charge in [0, 0.05) is 0 Å². The van der Waals surface area contributed by atoms with Gasteiger partial charge in [-0.2, -0.15) is 0 Å². The molecule has 0 bridgehead atoms. The molecular formula is C26H33FO3Si. The van der Waals surface area contributed by atoms with Gasteiger partial charge in [-0.1, -0.05) is 88.4 Å². The molecule has 5 heteroatoms. The van der Waals surface area contributed by atoms with Crippen molar-refractivity contribution in [2.75, 3.05) is 0 Å². The van der Waals surface area contributed by atoms with Crippen molar-refractivity contribution in [1.82, 2.24) is 0 Å². The summed E-state index contributed by atoms with van der Waals surface area (Å²) in [4.78, 5) is 0. The number of benzene rings is 2. The summed E-state index contributed by atoms with van der Waals surface area (Å²) in [7, 11) is -2.91. The first kappa shape index (κ1) is 22.4. The van der Waals surface area contributed by atoms with Gasteiger partial charge in [0.25, 0.3) is 8.32 Å². The van der Waals surface area contributed by atoms with Crippen molar-refractivity contribution in [3.63, 3.8) is 0 Å². The molecule has 166 valence electrons. The summed E-state index contributed by atoms with van der Waals surface area (Å²) in [5.41, 5.74) is 0.665. The first-order valence-corrected chi connectivity index (χ1v) is 13.0. The molecule has 0 aromatic heterocycles. The maximum absolute atomic E-state index is 15.8. The molecule has 0 amide bonds. The van der Waals surface area contributed by atoms with Crippen LogP contribution in [-0.4, -0.2) is 32.4 Å². The molecule has 1 aliphatic heterocycles. The zero-order chi connectivity index (χ0) is 22.4. The molecular weight excluding hydrogens is 407 g/mol. The molecule has 2 aromatic rings. The van der Waals surface area contributed by atoms with E-state index in [-0.39, 0.29) is 10.9 Å². The van der Waals surface area contributed by atoms with Gasteiger partial charge in [0.15, 0.2) is 5.79 Å². The minimum atomic E-state index is -2.91. The fourth-order valence-corrected chi connectivity index (χ4v) is 9.75. The van der Waals surface area contributed by atoms with Crippen molar-refractivity contribution in [1.29, 1.82) is 0 Å². The molecule has 4 rings (SSSR count). The Bertz CT molecular complexity index is 910. The maximum Gasteiger partial charge on any atom is 0.262 e. The van der Waals surface area contributed by atoms with E-state index in [0.717, 1.165) is 10.4 Å². The van der Waals surface area contributed by atoms with Crippen molar-refractivity contribution in [3.8, 4) is 0 Å². The highest BCUT2D eigenvalue weighted by Crippen LogP contribution is 2.47. The van der Waals surface area contributed by atoms with E-state index in [1.807, 2.05) is 57.2 Å². The van der Waals surface area contributed by atoms with Crippen molar-refractivity contribution >= 4 is 18.7 Å². The molecule has 3 atom stereocenters. The predicted octanol–water partition coefficient (Wildman–Crippen LogP) is 5.10. The number of hydrogen-bond donors (Lipinski definition) is 0. The van der Waals surface area contributed by atoms with Crippen molar-refractivity contribution in [2.45, 2.75) is 77.1 Å². The van der Waals surface area contributed by atoms with Gasteiger partial charge in [-0.05, 0) is 41.3 Å². The fourth-order valence-electron chi connectivity index (χ4n) is 5.11. The Labute approximate surface area is 186 Å². The van der Waals surface area contributed by atoms with E-state index >= 15 is 4.39 Å². The zero-order valence-electron chi connectivity index (χ0n) is 19.3. The van der Waals surface area contributed by atoms with Crippen molar-refractivity contribution in [3.05, 3.63) is 72.1 Å². The van der Waals surface area contributed by atoms with Gasteiger partial charge < -0.3 is 13.9 Å². The standard InChI is InChI=1S/C26H33FO3Si/c1-7-20-21(27)23(24-22(20)28-26(5,6)29-24)30-31(25(2,3)4,18-14-10-8-11-15-18)19-16-12-9-13-17-19/h8-17,22-24H,7H2,1-6H3/t22-,23+,24-/m1/s1. The van der Waals surface area contributed by atoms with Crippen LogP contribution in [0.25, 0.3) is 0 Å². The summed E-state index contributed by atoms with van der Waals surface area (Å²) in [6, 6.07) is 20.6. The fraction of sp³-hybridized carbons (Fsp3) is 0.462. The van der Waals surface area contributed by atoms with E-state index in [0.29, 0.717) is 12.0 Å². The number of halogens is 1. The zero-order valence-corrected chi connectivity index (χ0v) is 20.3. The van der Waals surface area contributed by atoms with Crippen LogP contribution >= 0.6 is 0 Å². The lowest BCUT2D eigenvalue weighted by Gasteiger charge is -2.45. The average Bonchev–Trinajstić information content (AvgIpc) is 3.15. The van der Waals surface area contributed by atoms with Crippen molar-refractivity contribution in [2.24, 2.45) is 0 Å². The smallest absolute Gasteiger partial charge is 0.262 e. The van der Waals surface area contributed by atoms with Gasteiger partial charge in [0.1, 0.15) is 24.1 Å². The van der Waals surface area contributed by atoms with E-state index in [1.165, 1.54) is 0 Å². The minimum Gasteiger partial charge on any atom is -0.395 e.